The zero-order chi connectivity index (χ0) is 34.0. The molecule has 18 atom stereocenters. The highest BCUT2D eigenvalue weighted by Gasteiger charge is 2.73. The highest BCUT2D eigenvalue weighted by Crippen LogP contribution is 2.78. The summed E-state index contributed by atoms with van der Waals surface area (Å²) in [6.45, 7) is 0. The van der Waals surface area contributed by atoms with Crippen LogP contribution in [0.15, 0.2) is 0 Å². The van der Waals surface area contributed by atoms with Gasteiger partial charge in [-0.25, -0.2) is 0 Å². The Balaban J connectivity index is 0.919. The minimum Gasteiger partial charge on any atom is -0.372 e. The second-order valence-electron chi connectivity index (χ2n) is 22.3. The van der Waals surface area contributed by atoms with Gasteiger partial charge >= 0.3 is 0 Å². The third kappa shape index (κ3) is 4.93. The molecule has 2 nitrogen and oxygen atoms in total. The summed E-state index contributed by atoms with van der Waals surface area (Å²) >= 11 is 2.47. The number of thioether (sulfide) groups is 1. The number of hydrogen-bond donors (Lipinski definition) is 0. The van der Waals surface area contributed by atoms with Gasteiger partial charge in [0, 0.05) is 34.5 Å². The zero-order valence-corrected chi connectivity index (χ0v) is 34.1. The fourth-order valence-corrected chi connectivity index (χ4v) is 22.3. The molecule has 12 rings (SSSR count). The Morgan fingerprint density at radius 3 is 1.69 bits per heavy atom. The molecule has 0 N–H and O–H groups in total. The number of rotatable bonds is 3. The van der Waals surface area contributed by atoms with Gasteiger partial charge in [0.15, 0.2) is 0 Å². The predicted molar refractivity (Wildman–Crippen MR) is 215 cm³/mol. The summed E-state index contributed by atoms with van der Waals surface area (Å²) in [5.74, 6) is 12.3. The Bertz CT molecular complexity index is 1270. The van der Waals surface area contributed by atoms with Crippen molar-refractivity contribution in [3.8, 4) is 0 Å². The fourth-order valence-electron chi connectivity index (χ4n) is 20.2. The van der Waals surface area contributed by atoms with Crippen LogP contribution in [0.1, 0.15) is 186 Å². The molecule has 3 heteroatoms. The lowest BCUT2D eigenvalue weighted by Crippen LogP contribution is -2.61. The monoisotopic (exact) mass is 728 g/mol. The molecule has 12 fully saturated rings. The van der Waals surface area contributed by atoms with Gasteiger partial charge in [-0.15, -0.1) is 0 Å². The Labute approximate surface area is 323 Å². The first-order chi connectivity index (χ1) is 25.8. The van der Waals surface area contributed by atoms with Gasteiger partial charge in [-0.2, -0.15) is 11.8 Å². The summed E-state index contributed by atoms with van der Waals surface area (Å²) in [7, 11) is 0. The summed E-state index contributed by atoms with van der Waals surface area (Å²) in [6.07, 6.45) is 46.1. The van der Waals surface area contributed by atoms with E-state index in [0.29, 0.717) is 12.2 Å². The van der Waals surface area contributed by atoms with Gasteiger partial charge in [-0.05, 0) is 173 Å². The zero-order valence-electron chi connectivity index (χ0n) is 33.2. The molecular weight excluding hydrogens is 651 g/mol. The summed E-state index contributed by atoms with van der Waals surface area (Å²) in [5.41, 5.74) is 0.739. The first kappa shape index (κ1) is 34.3. The second-order valence-corrected chi connectivity index (χ2v) is 23.8. The van der Waals surface area contributed by atoms with Gasteiger partial charge < -0.3 is 4.74 Å². The van der Waals surface area contributed by atoms with Crippen LogP contribution in [0, 0.1) is 76.4 Å². The van der Waals surface area contributed by atoms with E-state index in [1.807, 2.05) is 0 Å². The molecule has 0 amide bonds. The van der Waals surface area contributed by atoms with Crippen LogP contribution < -0.4 is 0 Å². The first-order valence-corrected chi connectivity index (χ1v) is 25.8. The van der Waals surface area contributed by atoms with E-state index in [0.717, 1.165) is 105 Å². The average molecular weight is 728 g/mol. The van der Waals surface area contributed by atoms with Crippen LogP contribution in [0.2, 0.25) is 0 Å². The fraction of sp³-hybridized carbons (Fsp3) is 1.00. The van der Waals surface area contributed by atoms with E-state index in [4.69, 9.17) is 4.74 Å². The maximum Gasteiger partial charge on any atom is 0.0766 e. The Morgan fingerprint density at radius 1 is 0.365 bits per heavy atom. The van der Waals surface area contributed by atoms with E-state index in [1.165, 1.54) is 89.9 Å². The predicted octanol–water partition coefficient (Wildman–Crippen LogP) is 12.5. The van der Waals surface area contributed by atoms with Crippen molar-refractivity contribution >= 4 is 11.8 Å². The van der Waals surface area contributed by atoms with Crippen molar-refractivity contribution in [1.29, 1.82) is 0 Å². The molecule has 10 saturated carbocycles. The molecule has 2 heterocycles. The molecule has 12 aliphatic rings. The molecule has 18 unspecified atom stereocenters. The van der Waals surface area contributed by atoms with E-state index >= 15 is 0 Å². The van der Waals surface area contributed by atoms with Crippen LogP contribution >= 0.6 is 11.8 Å². The molecule has 0 bridgehead atoms. The van der Waals surface area contributed by atoms with Crippen molar-refractivity contribution in [3.63, 3.8) is 0 Å². The smallest absolute Gasteiger partial charge is 0.0766 e. The van der Waals surface area contributed by atoms with E-state index in [1.54, 1.807) is 96.3 Å². The molecule has 0 aromatic carbocycles. The van der Waals surface area contributed by atoms with Crippen molar-refractivity contribution < 1.29 is 4.74 Å². The summed E-state index contributed by atoms with van der Waals surface area (Å²) in [5, 5.41) is 1.90. The van der Waals surface area contributed by atoms with Crippen LogP contribution in [-0.4, -0.2) is 45.7 Å². The highest BCUT2D eigenvalue weighted by molar-refractivity contribution is 8.00. The molecule has 10 aliphatic carbocycles. The number of fused-ring (bicyclic) bond motifs is 17. The van der Waals surface area contributed by atoms with Gasteiger partial charge in [0.2, 0.25) is 0 Å². The molecule has 0 aromatic heterocycles. The molecule has 1 spiro atoms. The normalized spacial score (nSPS) is 56.9. The number of ether oxygens (including phenoxy) is 1. The van der Waals surface area contributed by atoms with Gasteiger partial charge in [0.05, 0.1) is 12.2 Å². The van der Waals surface area contributed by atoms with Crippen LogP contribution in [0.4, 0.5) is 0 Å². The highest BCUT2D eigenvalue weighted by atomic mass is 32.2. The molecule has 2 saturated heterocycles. The van der Waals surface area contributed by atoms with Crippen molar-refractivity contribution in [3.05, 3.63) is 0 Å². The van der Waals surface area contributed by atoms with Crippen LogP contribution in [0.3, 0.4) is 0 Å². The van der Waals surface area contributed by atoms with Gasteiger partial charge in [-0.1, -0.05) is 83.5 Å². The molecule has 290 valence electrons. The van der Waals surface area contributed by atoms with Crippen molar-refractivity contribution in [1.82, 2.24) is 4.90 Å². The van der Waals surface area contributed by atoms with E-state index in [2.05, 4.69) is 16.7 Å². The minimum absolute atomic E-state index is 0.562. The van der Waals surface area contributed by atoms with Crippen LogP contribution in [-0.2, 0) is 4.74 Å². The lowest BCUT2D eigenvalue weighted by molar-refractivity contribution is -0.113. The quantitative estimate of drug-likeness (QED) is 0.287. The topological polar surface area (TPSA) is 12.5 Å². The van der Waals surface area contributed by atoms with E-state index < -0.39 is 0 Å². The van der Waals surface area contributed by atoms with Gasteiger partial charge in [0.25, 0.3) is 0 Å². The van der Waals surface area contributed by atoms with Crippen LogP contribution in [0.5, 0.6) is 0 Å². The molecule has 2 aliphatic heterocycles. The lowest BCUT2D eigenvalue weighted by Gasteiger charge is -2.56. The van der Waals surface area contributed by atoms with Crippen molar-refractivity contribution in [2.24, 2.45) is 76.4 Å². The maximum atomic E-state index is 7.91. The largest absolute Gasteiger partial charge is 0.372 e. The van der Waals surface area contributed by atoms with Crippen molar-refractivity contribution in [2.45, 2.75) is 227 Å². The summed E-state index contributed by atoms with van der Waals surface area (Å²) in [4.78, 5) is 3.49. The van der Waals surface area contributed by atoms with Crippen molar-refractivity contribution in [2.75, 3.05) is 0 Å². The van der Waals surface area contributed by atoms with E-state index in [9.17, 15) is 0 Å². The molecular formula is C49H77NOS. The number of nitrogens with zero attached hydrogens (tertiary/aromatic N) is 1. The summed E-state index contributed by atoms with van der Waals surface area (Å²) < 4.78 is 7.91. The SMILES string of the molecule is C1CCC(N(C2CCCC3C4CCC5SC6CCCCC6C5C4OC32)C2CCCC3C2C2CCCCC2C32C3CCCCC3C3CCCCC32)CC1. The maximum absolute atomic E-state index is 7.91. The number of hydrogen-bond acceptors (Lipinski definition) is 3. The second kappa shape index (κ2) is 13.7. The average Bonchev–Trinajstić information content (AvgIpc) is 3.94. The Kier molecular flexibility index (Phi) is 9.04. The van der Waals surface area contributed by atoms with Crippen LogP contribution in [0.25, 0.3) is 0 Å². The third-order valence-electron chi connectivity index (χ3n) is 21.1. The van der Waals surface area contributed by atoms with E-state index in [-0.39, 0.29) is 0 Å². The lowest BCUT2D eigenvalue weighted by atomic mass is 9.53. The molecule has 0 radical (unpaired) electrons. The first-order valence-electron chi connectivity index (χ1n) is 24.9. The third-order valence-corrected chi connectivity index (χ3v) is 22.9. The molecule has 52 heavy (non-hydrogen) atoms. The van der Waals surface area contributed by atoms with Gasteiger partial charge in [-0.3, -0.25) is 4.90 Å². The van der Waals surface area contributed by atoms with Gasteiger partial charge in [0.1, 0.15) is 0 Å². The summed E-state index contributed by atoms with van der Waals surface area (Å²) in [6, 6.07) is 2.47. The molecule has 0 aromatic rings. The standard InChI is InChI=1S/C49H77NOS/c1-2-14-30(15-3-1)50(42-26-12-20-33-34-28-29-44-46(48(34)51-47(33)42)36-19-7-11-27-43(36)52-44)41-25-13-24-40-45(41)35-18-6-10-23-39(35)49(40)37-21-8-4-16-31(37)32-17-5-9-22-38(32)49/h30-48H,1-29H2. The Hall–Kier alpha value is 0.270. The Morgan fingerprint density at radius 2 is 0.923 bits per heavy atom. The minimum atomic E-state index is 0.562.